The van der Waals surface area contributed by atoms with Gasteiger partial charge in [-0.2, -0.15) is 0 Å². The van der Waals surface area contributed by atoms with E-state index in [0.29, 0.717) is 18.1 Å². The third-order valence-corrected chi connectivity index (χ3v) is 3.81. The quantitative estimate of drug-likeness (QED) is 0.679. The number of rotatable bonds is 5. The molecule has 5 nitrogen and oxygen atoms in total. The highest BCUT2D eigenvalue weighted by molar-refractivity contribution is 7.11. The maximum atomic E-state index is 10.7. The number of hydrogen-bond donors (Lipinski definition) is 1. The average molecular weight is 298 g/mol. The summed E-state index contributed by atoms with van der Waals surface area (Å²) in [5.41, 5.74) is 0.770. The van der Waals surface area contributed by atoms with Gasteiger partial charge in [0, 0.05) is 41.3 Å². The molecule has 0 saturated heterocycles. The van der Waals surface area contributed by atoms with Crippen LogP contribution in [0.5, 0.6) is 0 Å². The number of aryl methyl sites for hydroxylation is 1. The van der Waals surface area contributed by atoms with Crippen LogP contribution in [-0.4, -0.2) is 9.91 Å². The van der Waals surface area contributed by atoms with Crippen LogP contribution < -0.4 is 5.32 Å². The Kier molecular flexibility index (Phi) is 4.47. The van der Waals surface area contributed by atoms with E-state index in [-0.39, 0.29) is 5.69 Å². The number of hydrogen-bond acceptors (Lipinski definition) is 5. The van der Waals surface area contributed by atoms with Crippen LogP contribution in [0.2, 0.25) is 5.02 Å². The number of thiazole rings is 1. The van der Waals surface area contributed by atoms with E-state index in [1.165, 1.54) is 12.1 Å². The minimum absolute atomic E-state index is 0.0508. The zero-order valence-electron chi connectivity index (χ0n) is 10.2. The van der Waals surface area contributed by atoms with Crippen LogP contribution in [0.25, 0.3) is 0 Å². The first-order valence-electron chi connectivity index (χ1n) is 5.61. The summed E-state index contributed by atoms with van der Waals surface area (Å²) in [6.07, 6.45) is 1.82. The molecule has 0 fully saturated rings. The number of nitro groups is 1. The average Bonchev–Trinajstić information content (AvgIpc) is 2.77. The molecule has 1 heterocycles. The van der Waals surface area contributed by atoms with Crippen molar-refractivity contribution in [1.82, 2.24) is 10.3 Å². The minimum atomic E-state index is -0.424. The third kappa shape index (κ3) is 3.73. The van der Waals surface area contributed by atoms with Gasteiger partial charge in [0.15, 0.2) is 0 Å². The van der Waals surface area contributed by atoms with Crippen LogP contribution in [0.1, 0.15) is 15.4 Å². The molecular formula is C12H12ClN3O2S. The van der Waals surface area contributed by atoms with Crippen LogP contribution in [0.15, 0.2) is 24.4 Å². The van der Waals surface area contributed by atoms with Gasteiger partial charge in [0.2, 0.25) is 0 Å². The molecule has 0 amide bonds. The lowest BCUT2D eigenvalue weighted by molar-refractivity contribution is -0.384. The van der Waals surface area contributed by atoms with Crippen molar-refractivity contribution in [2.24, 2.45) is 0 Å². The first-order chi connectivity index (χ1) is 9.06. The Bertz CT molecular complexity index is 600. The number of halogens is 1. The molecule has 0 radical (unpaired) electrons. The standard InChI is InChI=1S/C12H12ClN3O2S/c1-8-15-7-11(19-8)6-14-5-9-4-10(16(17)18)2-3-12(9)13/h2-4,7,14H,5-6H2,1H3. The fourth-order valence-electron chi connectivity index (χ4n) is 1.62. The van der Waals surface area contributed by atoms with E-state index in [4.69, 9.17) is 11.6 Å². The molecule has 2 rings (SSSR count). The van der Waals surface area contributed by atoms with Crippen molar-refractivity contribution >= 4 is 28.6 Å². The maximum Gasteiger partial charge on any atom is 0.269 e. The summed E-state index contributed by atoms with van der Waals surface area (Å²) in [5, 5.41) is 15.4. The summed E-state index contributed by atoms with van der Waals surface area (Å²) in [4.78, 5) is 15.6. The second-order valence-corrected chi connectivity index (χ2v) is 5.71. The molecule has 19 heavy (non-hydrogen) atoms. The van der Waals surface area contributed by atoms with Crippen molar-refractivity contribution in [2.75, 3.05) is 0 Å². The first kappa shape index (κ1) is 13.9. The van der Waals surface area contributed by atoms with Crippen LogP contribution in [-0.2, 0) is 13.1 Å². The van der Waals surface area contributed by atoms with E-state index >= 15 is 0 Å². The summed E-state index contributed by atoms with van der Waals surface area (Å²) >= 11 is 7.63. The van der Waals surface area contributed by atoms with Crippen molar-refractivity contribution in [3.05, 3.63) is 55.0 Å². The van der Waals surface area contributed by atoms with Gasteiger partial charge in [-0.3, -0.25) is 10.1 Å². The molecule has 7 heteroatoms. The summed E-state index contributed by atoms with van der Waals surface area (Å²) in [6, 6.07) is 4.44. The van der Waals surface area contributed by atoms with Gasteiger partial charge in [-0.15, -0.1) is 11.3 Å². The van der Waals surface area contributed by atoms with Gasteiger partial charge in [0.25, 0.3) is 5.69 Å². The SMILES string of the molecule is Cc1ncc(CNCc2cc([N+](=O)[O-])ccc2Cl)s1. The molecule has 1 aromatic heterocycles. The Morgan fingerprint density at radius 1 is 1.47 bits per heavy atom. The van der Waals surface area contributed by atoms with Gasteiger partial charge in [-0.05, 0) is 18.6 Å². The van der Waals surface area contributed by atoms with Crippen molar-refractivity contribution in [2.45, 2.75) is 20.0 Å². The van der Waals surface area contributed by atoms with Gasteiger partial charge >= 0.3 is 0 Å². The molecule has 0 atom stereocenters. The van der Waals surface area contributed by atoms with Gasteiger partial charge in [0.05, 0.1) is 9.93 Å². The van der Waals surface area contributed by atoms with Crippen molar-refractivity contribution in [3.63, 3.8) is 0 Å². The van der Waals surface area contributed by atoms with Gasteiger partial charge < -0.3 is 5.32 Å². The van der Waals surface area contributed by atoms with E-state index in [0.717, 1.165) is 15.4 Å². The Labute approximate surface area is 119 Å². The summed E-state index contributed by atoms with van der Waals surface area (Å²) in [5.74, 6) is 0. The Morgan fingerprint density at radius 2 is 2.26 bits per heavy atom. The summed E-state index contributed by atoms with van der Waals surface area (Å²) in [6.45, 7) is 3.10. The van der Waals surface area contributed by atoms with Gasteiger partial charge in [0.1, 0.15) is 0 Å². The molecule has 100 valence electrons. The van der Waals surface area contributed by atoms with E-state index in [1.54, 1.807) is 17.4 Å². The van der Waals surface area contributed by atoms with E-state index in [9.17, 15) is 10.1 Å². The highest BCUT2D eigenvalue weighted by atomic mass is 35.5. The van der Waals surface area contributed by atoms with E-state index in [2.05, 4.69) is 10.3 Å². The zero-order valence-corrected chi connectivity index (χ0v) is 11.8. The topological polar surface area (TPSA) is 68.1 Å². The van der Waals surface area contributed by atoms with Crippen molar-refractivity contribution < 1.29 is 4.92 Å². The number of nitro benzene ring substituents is 1. The summed E-state index contributed by atoms with van der Waals surface area (Å²) in [7, 11) is 0. The van der Waals surface area contributed by atoms with Crippen LogP contribution >= 0.6 is 22.9 Å². The third-order valence-electron chi connectivity index (χ3n) is 2.52. The molecule has 0 aliphatic carbocycles. The second kappa shape index (κ2) is 6.10. The first-order valence-corrected chi connectivity index (χ1v) is 6.80. The maximum absolute atomic E-state index is 10.7. The van der Waals surface area contributed by atoms with E-state index < -0.39 is 4.92 Å². The molecule has 0 unspecified atom stereocenters. The molecule has 0 bridgehead atoms. The molecule has 0 spiro atoms. The van der Waals surface area contributed by atoms with Gasteiger partial charge in [-0.1, -0.05) is 11.6 Å². The smallest absolute Gasteiger partial charge is 0.269 e. The number of benzene rings is 1. The van der Waals surface area contributed by atoms with Crippen LogP contribution in [0.3, 0.4) is 0 Å². The largest absolute Gasteiger partial charge is 0.308 e. The Hall–Kier alpha value is -1.50. The Morgan fingerprint density at radius 3 is 2.89 bits per heavy atom. The van der Waals surface area contributed by atoms with Crippen LogP contribution in [0.4, 0.5) is 5.69 Å². The lowest BCUT2D eigenvalue weighted by Gasteiger charge is -2.05. The highest BCUT2D eigenvalue weighted by Crippen LogP contribution is 2.22. The van der Waals surface area contributed by atoms with Gasteiger partial charge in [-0.25, -0.2) is 4.98 Å². The lowest BCUT2D eigenvalue weighted by Crippen LogP contribution is -2.12. The molecule has 0 saturated carbocycles. The fourth-order valence-corrected chi connectivity index (χ4v) is 2.57. The predicted molar refractivity (Wildman–Crippen MR) is 75.5 cm³/mol. The predicted octanol–water partition coefficient (Wildman–Crippen LogP) is 3.30. The normalized spacial score (nSPS) is 10.6. The number of nitrogens with one attached hydrogen (secondary N) is 1. The second-order valence-electron chi connectivity index (χ2n) is 3.98. The molecule has 1 N–H and O–H groups in total. The number of non-ortho nitro benzene ring substituents is 1. The molecule has 0 aliphatic rings. The highest BCUT2D eigenvalue weighted by Gasteiger charge is 2.09. The number of nitrogens with zero attached hydrogens (tertiary/aromatic N) is 2. The fraction of sp³-hybridized carbons (Fsp3) is 0.250. The Balaban J connectivity index is 1.99. The lowest BCUT2D eigenvalue weighted by atomic mass is 10.2. The number of aromatic nitrogens is 1. The van der Waals surface area contributed by atoms with Crippen molar-refractivity contribution in [1.29, 1.82) is 0 Å². The molecule has 0 aliphatic heterocycles. The summed E-state index contributed by atoms with van der Waals surface area (Å²) < 4.78 is 0. The monoisotopic (exact) mass is 297 g/mol. The molecular weight excluding hydrogens is 286 g/mol. The minimum Gasteiger partial charge on any atom is -0.308 e. The molecule has 1 aromatic carbocycles. The zero-order chi connectivity index (χ0) is 13.8. The molecule has 2 aromatic rings. The van der Waals surface area contributed by atoms with E-state index in [1.807, 2.05) is 13.1 Å². The van der Waals surface area contributed by atoms with Crippen molar-refractivity contribution in [3.8, 4) is 0 Å². The van der Waals surface area contributed by atoms with Crippen LogP contribution in [0, 0.1) is 17.0 Å².